The van der Waals surface area contributed by atoms with E-state index in [9.17, 15) is 9.59 Å². The van der Waals surface area contributed by atoms with Gasteiger partial charge >= 0.3 is 5.97 Å². The number of fused-ring (bicyclic) bond motifs is 1. The molecule has 2 aliphatic rings. The molecule has 22 heavy (non-hydrogen) atoms. The van der Waals surface area contributed by atoms with Crippen LogP contribution in [-0.4, -0.2) is 22.9 Å². The molecule has 1 aromatic rings. The van der Waals surface area contributed by atoms with E-state index in [0.29, 0.717) is 18.6 Å². The van der Waals surface area contributed by atoms with Crippen LogP contribution in [-0.2, 0) is 16.1 Å². The van der Waals surface area contributed by atoms with Gasteiger partial charge in [0.15, 0.2) is 0 Å². The first kappa shape index (κ1) is 15.7. The highest BCUT2D eigenvalue weighted by Crippen LogP contribution is 2.39. The highest BCUT2D eigenvalue weighted by atomic mass is 33.1. The molecule has 2 heterocycles. The minimum absolute atomic E-state index is 0.0404. The van der Waals surface area contributed by atoms with E-state index in [-0.39, 0.29) is 11.9 Å². The van der Waals surface area contributed by atoms with Crippen molar-refractivity contribution in [2.75, 3.05) is 11.1 Å². The summed E-state index contributed by atoms with van der Waals surface area (Å²) in [6.45, 7) is 0.301. The molecular formula is C16H19NO3S2. The van der Waals surface area contributed by atoms with E-state index in [1.807, 2.05) is 27.7 Å². The number of carbonyl (C=O) groups is 2. The molecule has 0 aromatic heterocycles. The number of benzene rings is 1. The topological polar surface area (TPSA) is 55.4 Å². The SMILES string of the molecule is O=C(CCCC[C@H]1CCSS1)Nc1ccc2c(c1)COC2=O. The minimum Gasteiger partial charge on any atom is -0.457 e. The Hall–Kier alpha value is -1.14. The number of carbonyl (C=O) groups excluding carboxylic acids is 2. The molecule has 1 fully saturated rings. The Morgan fingerprint density at radius 3 is 3.09 bits per heavy atom. The van der Waals surface area contributed by atoms with Crippen molar-refractivity contribution < 1.29 is 14.3 Å². The van der Waals surface area contributed by atoms with Crippen molar-refractivity contribution in [1.82, 2.24) is 0 Å². The number of hydrogen-bond acceptors (Lipinski definition) is 5. The molecule has 4 nitrogen and oxygen atoms in total. The highest BCUT2D eigenvalue weighted by Gasteiger charge is 2.21. The van der Waals surface area contributed by atoms with Gasteiger partial charge in [0, 0.05) is 28.7 Å². The largest absolute Gasteiger partial charge is 0.457 e. The third-order valence-electron chi connectivity index (χ3n) is 3.87. The van der Waals surface area contributed by atoms with Crippen molar-refractivity contribution in [2.45, 2.75) is 44.0 Å². The van der Waals surface area contributed by atoms with Crippen LogP contribution in [0.3, 0.4) is 0 Å². The molecule has 1 saturated heterocycles. The van der Waals surface area contributed by atoms with Crippen LogP contribution in [0.5, 0.6) is 0 Å². The number of nitrogens with one attached hydrogen (secondary N) is 1. The summed E-state index contributed by atoms with van der Waals surface area (Å²) >= 11 is 0. The lowest BCUT2D eigenvalue weighted by Gasteiger charge is -2.08. The normalized spacial score (nSPS) is 19.8. The smallest absolute Gasteiger partial charge is 0.338 e. The van der Waals surface area contributed by atoms with Gasteiger partial charge in [-0.3, -0.25) is 4.79 Å². The van der Waals surface area contributed by atoms with E-state index in [1.54, 1.807) is 12.1 Å². The number of hydrogen-bond donors (Lipinski definition) is 1. The van der Waals surface area contributed by atoms with E-state index in [2.05, 4.69) is 5.32 Å². The van der Waals surface area contributed by atoms with Gasteiger partial charge in [-0.2, -0.15) is 0 Å². The van der Waals surface area contributed by atoms with Crippen molar-refractivity contribution in [3.63, 3.8) is 0 Å². The standard InChI is InChI=1S/C16H19NO3S2/c18-15(4-2-1-3-13-7-8-21-22-13)17-12-5-6-14-11(9-12)10-20-16(14)19/h5-6,9,13H,1-4,7-8,10H2,(H,17,18)/t13-/m0/s1. The van der Waals surface area contributed by atoms with Crippen LogP contribution >= 0.6 is 21.6 Å². The first-order valence-electron chi connectivity index (χ1n) is 7.60. The maximum Gasteiger partial charge on any atom is 0.338 e. The molecule has 1 atom stereocenters. The summed E-state index contributed by atoms with van der Waals surface area (Å²) in [5, 5.41) is 3.68. The van der Waals surface area contributed by atoms with Crippen LogP contribution < -0.4 is 5.32 Å². The number of ether oxygens (including phenoxy) is 1. The zero-order chi connectivity index (χ0) is 15.4. The van der Waals surface area contributed by atoms with Crippen LogP contribution in [0.1, 0.15) is 48.0 Å². The maximum absolute atomic E-state index is 12.0. The fraction of sp³-hybridized carbons (Fsp3) is 0.500. The van der Waals surface area contributed by atoms with Crippen molar-refractivity contribution in [1.29, 1.82) is 0 Å². The van der Waals surface area contributed by atoms with Gasteiger partial charge in [0.2, 0.25) is 5.91 Å². The molecule has 2 aliphatic heterocycles. The van der Waals surface area contributed by atoms with Crippen molar-refractivity contribution in [3.8, 4) is 0 Å². The second-order valence-electron chi connectivity index (χ2n) is 5.57. The Balaban J connectivity index is 1.41. The van der Waals surface area contributed by atoms with Crippen LogP contribution in [0.25, 0.3) is 0 Å². The quantitative estimate of drug-likeness (QED) is 0.483. The number of unbranched alkanes of at least 4 members (excludes halogenated alkanes) is 1. The molecule has 0 unspecified atom stereocenters. The first-order valence-corrected chi connectivity index (χ1v) is 9.99. The first-order chi connectivity index (χ1) is 10.7. The van der Waals surface area contributed by atoms with E-state index in [1.165, 1.54) is 18.6 Å². The van der Waals surface area contributed by atoms with Crippen molar-refractivity contribution >= 4 is 39.2 Å². The molecule has 118 valence electrons. The molecule has 0 spiro atoms. The maximum atomic E-state index is 12.0. The summed E-state index contributed by atoms with van der Waals surface area (Å²) in [6.07, 6.45) is 5.11. The minimum atomic E-state index is -0.282. The van der Waals surface area contributed by atoms with E-state index < -0.39 is 0 Å². The fourth-order valence-corrected chi connectivity index (χ4v) is 5.68. The van der Waals surface area contributed by atoms with E-state index in [0.717, 1.165) is 29.3 Å². The van der Waals surface area contributed by atoms with Gasteiger partial charge < -0.3 is 10.1 Å². The molecule has 0 radical (unpaired) electrons. The Labute approximate surface area is 138 Å². The van der Waals surface area contributed by atoms with E-state index >= 15 is 0 Å². The molecule has 1 aromatic carbocycles. The molecule has 0 saturated carbocycles. The zero-order valence-corrected chi connectivity index (χ0v) is 13.9. The molecule has 1 amide bonds. The Bertz CT molecular complexity index is 571. The van der Waals surface area contributed by atoms with Crippen molar-refractivity contribution in [2.24, 2.45) is 0 Å². The molecule has 3 rings (SSSR count). The predicted molar refractivity (Wildman–Crippen MR) is 91.1 cm³/mol. The summed E-state index contributed by atoms with van der Waals surface area (Å²) < 4.78 is 4.96. The Morgan fingerprint density at radius 1 is 1.36 bits per heavy atom. The molecule has 1 N–H and O–H groups in total. The molecule has 0 bridgehead atoms. The van der Waals surface area contributed by atoms with Gasteiger partial charge in [-0.15, -0.1) is 0 Å². The van der Waals surface area contributed by atoms with Gasteiger partial charge in [0.05, 0.1) is 5.56 Å². The highest BCUT2D eigenvalue weighted by molar-refractivity contribution is 8.77. The van der Waals surface area contributed by atoms with Gasteiger partial charge in [-0.1, -0.05) is 28.0 Å². The lowest BCUT2D eigenvalue weighted by Crippen LogP contribution is -2.11. The van der Waals surface area contributed by atoms with Gasteiger partial charge in [-0.25, -0.2) is 4.79 Å². The number of esters is 1. The predicted octanol–water partition coefficient (Wildman–Crippen LogP) is 4.01. The number of cyclic esters (lactones) is 1. The lowest BCUT2D eigenvalue weighted by molar-refractivity contribution is -0.116. The average molecular weight is 337 g/mol. The Morgan fingerprint density at radius 2 is 2.27 bits per heavy atom. The summed E-state index contributed by atoms with van der Waals surface area (Å²) in [7, 11) is 3.95. The zero-order valence-electron chi connectivity index (χ0n) is 12.3. The van der Waals surface area contributed by atoms with Crippen LogP contribution in [0.2, 0.25) is 0 Å². The molecule has 6 heteroatoms. The lowest BCUT2D eigenvalue weighted by atomic mass is 10.1. The monoisotopic (exact) mass is 337 g/mol. The third-order valence-corrected chi connectivity index (χ3v) is 6.88. The summed E-state index contributed by atoms with van der Waals surface area (Å²) in [5.74, 6) is 1.02. The van der Waals surface area contributed by atoms with E-state index in [4.69, 9.17) is 4.74 Å². The fourth-order valence-electron chi connectivity index (χ4n) is 2.66. The summed E-state index contributed by atoms with van der Waals surface area (Å²) in [5.41, 5.74) is 2.19. The van der Waals surface area contributed by atoms with Crippen LogP contribution in [0.15, 0.2) is 18.2 Å². The van der Waals surface area contributed by atoms with Gasteiger partial charge in [0.1, 0.15) is 6.61 Å². The van der Waals surface area contributed by atoms with Crippen LogP contribution in [0, 0.1) is 0 Å². The third kappa shape index (κ3) is 3.98. The average Bonchev–Trinajstić information content (AvgIpc) is 3.14. The number of anilines is 1. The Kier molecular flexibility index (Phi) is 5.31. The second-order valence-corrected chi connectivity index (χ2v) is 8.36. The molecule has 0 aliphatic carbocycles. The second kappa shape index (κ2) is 7.42. The van der Waals surface area contributed by atoms with Gasteiger partial charge in [-0.05, 0) is 37.5 Å². The molecular weight excluding hydrogens is 318 g/mol. The number of rotatable bonds is 6. The summed E-state index contributed by atoms with van der Waals surface area (Å²) in [6, 6.07) is 5.30. The van der Waals surface area contributed by atoms with Crippen molar-refractivity contribution in [3.05, 3.63) is 29.3 Å². The number of amides is 1. The summed E-state index contributed by atoms with van der Waals surface area (Å²) in [4.78, 5) is 23.3. The van der Waals surface area contributed by atoms with Crippen LogP contribution in [0.4, 0.5) is 5.69 Å². The van der Waals surface area contributed by atoms with Gasteiger partial charge in [0.25, 0.3) is 0 Å².